The number of likely N-dealkylation sites (N-methyl/N-ethyl adjacent to an activating group) is 1. The third-order valence-corrected chi connectivity index (χ3v) is 1.76. The molecule has 14 heavy (non-hydrogen) atoms. The number of amides is 1. The predicted molar refractivity (Wildman–Crippen MR) is 53.5 cm³/mol. The molecule has 0 saturated heterocycles. The van der Waals surface area contributed by atoms with Crippen molar-refractivity contribution in [3.8, 4) is 0 Å². The van der Waals surface area contributed by atoms with Crippen molar-refractivity contribution in [1.82, 2.24) is 4.90 Å². The molecule has 0 radical (unpaired) electrons. The maximum atomic E-state index is 11.3. The lowest BCUT2D eigenvalue weighted by atomic mass is 10.4. The van der Waals surface area contributed by atoms with Crippen LogP contribution in [0.2, 0.25) is 0 Å². The Morgan fingerprint density at radius 3 is 2.07 bits per heavy atom. The second-order valence-corrected chi connectivity index (χ2v) is 4.53. The molecule has 0 atom stereocenters. The number of carbonyl (C=O) groups excluding carboxylic acids is 1. The van der Waals surface area contributed by atoms with Crippen LogP contribution < -0.4 is 0 Å². The normalized spacial score (nSPS) is 13.3. The summed E-state index contributed by atoms with van der Waals surface area (Å²) in [4.78, 5) is 29.6. The van der Waals surface area contributed by atoms with E-state index in [-0.39, 0.29) is 4.91 Å². The van der Waals surface area contributed by atoms with Gasteiger partial charge >= 0.3 is 7.82 Å². The van der Waals surface area contributed by atoms with Gasteiger partial charge in [-0.2, -0.15) is 0 Å². The number of carbonyl (C=O) groups is 1. The van der Waals surface area contributed by atoms with Crippen molar-refractivity contribution in [2.45, 2.75) is 6.92 Å². The Bertz CT molecular complexity index is 303. The minimum Gasteiger partial charge on any atom is -0.397 e. The Labute approximate surface area is 87.2 Å². The second-order valence-electron chi connectivity index (χ2n) is 2.70. The molecule has 0 heterocycles. The average Bonchev–Trinajstić information content (AvgIpc) is 1.96. The zero-order chi connectivity index (χ0) is 11.5. The average molecular weight is 241 g/mol. The van der Waals surface area contributed by atoms with Crippen LogP contribution in [0.3, 0.4) is 0 Å². The summed E-state index contributed by atoms with van der Waals surface area (Å²) in [7, 11) is -1.86. The van der Waals surface area contributed by atoms with Crippen LogP contribution in [-0.4, -0.2) is 34.7 Å². The van der Waals surface area contributed by atoms with Gasteiger partial charge in [0, 0.05) is 19.0 Å². The van der Waals surface area contributed by atoms with E-state index in [9.17, 15) is 9.36 Å². The molecule has 0 aromatic rings. The first-order valence-corrected chi connectivity index (χ1v) is 5.49. The van der Waals surface area contributed by atoms with Gasteiger partial charge in [-0.05, 0) is 6.92 Å². The van der Waals surface area contributed by atoms with Crippen molar-refractivity contribution >= 4 is 26.4 Å². The lowest BCUT2D eigenvalue weighted by Crippen LogP contribution is -2.24. The van der Waals surface area contributed by atoms with E-state index in [0.29, 0.717) is 0 Å². The first-order chi connectivity index (χ1) is 6.15. The number of hydrogen-bond donors (Lipinski definition) is 3. The Kier molecular flexibility index (Phi) is 4.67. The Morgan fingerprint density at radius 1 is 1.43 bits per heavy atom. The fourth-order valence-corrected chi connectivity index (χ4v) is 1.25. The maximum Gasteiger partial charge on any atom is 0.525 e. The molecule has 8 heteroatoms. The molecule has 0 aliphatic carbocycles. The van der Waals surface area contributed by atoms with E-state index in [4.69, 9.17) is 9.79 Å². The largest absolute Gasteiger partial charge is 0.525 e. The standard InChI is InChI=1S/C6H12NO5PS/c1-4(14)5(6(8)7(2)3)12-13(9,10)11/h14H,1-3H3,(H2,9,10,11). The molecule has 0 aromatic carbocycles. The van der Waals surface area contributed by atoms with Crippen LogP contribution in [0.1, 0.15) is 6.92 Å². The van der Waals surface area contributed by atoms with E-state index >= 15 is 0 Å². The van der Waals surface area contributed by atoms with Crippen LogP contribution in [-0.2, 0) is 13.9 Å². The number of hydrogen-bond acceptors (Lipinski definition) is 4. The molecule has 82 valence electrons. The summed E-state index contributed by atoms with van der Waals surface area (Å²) >= 11 is 3.80. The highest BCUT2D eigenvalue weighted by molar-refractivity contribution is 7.84. The van der Waals surface area contributed by atoms with Gasteiger partial charge in [0.2, 0.25) is 5.76 Å². The summed E-state index contributed by atoms with van der Waals surface area (Å²) in [6, 6.07) is 0. The third kappa shape index (κ3) is 4.66. The predicted octanol–water partition coefficient (Wildman–Crippen LogP) is 0.345. The molecule has 2 N–H and O–H groups in total. The summed E-state index contributed by atoms with van der Waals surface area (Å²) in [5.74, 6) is -1.10. The van der Waals surface area contributed by atoms with E-state index in [1.54, 1.807) is 0 Å². The molecule has 6 nitrogen and oxygen atoms in total. The zero-order valence-corrected chi connectivity index (χ0v) is 9.75. The fourth-order valence-electron chi connectivity index (χ4n) is 0.582. The minimum absolute atomic E-state index is 0.104. The SMILES string of the molecule is CC(S)=C(OP(=O)(O)O)C(=O)N(C)C. The highest BCUT2D eigenvalue weighted by Crippen LogP contribution is 2.40. The molecule has 0 aromatic heterocycles. The van der Waals surface area contributed by atoms with Gasteiger partial charge in [-0.25, -0.2) is 4.57 Å². The lowest BCUT2D eigenvalue weighted by molar-refractivity contribution is -0.127. The molecule has 0 spiro atoms. The molecule has 0 fully saturated rings. The van der Waals surface area contributed by atoms with E-state index < -0.39 is 19.5 Å². The molecule has 0 saturated carbocycles. The van der Waals surface area contributed by atoms with Gasteiger partial charge < -0.3 is 9.42 Å². The van der Waals surface area contributed by atoms with Gasteiger partial charge in [0.1, 0.15) is 0 Å². The van der Waals surface area contributed by atoms with Crippen molar-refractivity contribution in [3.63, 3.8) is 0 Å². The zero-order valence-electron chi connectivity index (χ0n) is 7.96. The Morgan fingerprint density at radius 2 is 1.86 bits per heavy atom. The number of phosphoric acid groups is 1. The second kappa shape index (κ2) is 4.84. The first-order valence-electron chi connectivity index (χ1n) is 3.52. The van der Waals surface area contributed by atoms with Crippen molar-refractivity contribution < 1.29 is 23.7 Å². The lowest BCUT2D eigenvalue weighted by Gasteiger charge is -2.15. The molecule has 0 rings (SSSR count). The van der Waals surface area contributed by atoms with Crippen LogP contribution in [0, 0.1) is 0 Å². The van der Waals surface area contributed by atoms with Crippen LogP contribution in [0.15, 0.2) is 10.7 Å². The number of allylic oxidation sites excluding steroid dienone is 1. The maximum absolute atomic E-state index is 11.3. The van der Waals surface area contributed by atoms with Crippen molar-refractivity contribution in [2.75, 3.05) is 14.1 Å². The van der Waals surface area contributed by atoms with Gasteiger partial charge in [-0.3, -0.25) is 14.6 Å². The topological polar surface area (TPSA) is 87.1 Å². The summed E-state index contributed by atoms with van der Waals surface area (Å²) in [6.07, 6.45) is 0. The van der Waals surface area contributed by atoms with Crippen LogP contribution in [0.25, 0.3) is 0 Å². The molecular weight excluding hydrogens is 229 g/mol. The number of phosphoric ester groups is 1. The number of nitrogens with zero attached hydrogens (tertiary/aromatic N) is 1. The van der Waals surface area contributed by atoms with Crippen LogP contribution in [0.5, 0.6) is 0 Å². The van der Waals surface area contributed by atoms with E-state index in [1.807, 2.05) is 0 Å². The molecule has 0 bridgehead atoms. The minimum atomic E-state index is -4.72. The van der Waals surface area contributed by atoms with Crippen LogP contribution in [0.4, 0.5) is 0 Å². The summed E-state index contributed by atoms with van der Waals surface area (Å²) < 4.78 is 14.7. The van der Waals surface area contributed by atoms with Crippen molar-refractivity contribution in [3.05, 3.63) is 10.7 Å². The Hall–Kier alpha value is -0.490. The van der Waals surface area contributed by atoms with Crippen molar-refractivity contribution in [2.24, 2.45) is 0 Å². The molecule has 0 unspecified atom stereocenters. The molecule has 1 amide bonds. The summed E-state index contributed by atoms with van der Waals surface area (Å²) in [5.41, 5.74) is 0. The van der Waals surface area contributed by atoms with Gasteiger partial charge in [0.25, 0.3) is 5.91 Å². The van der Waals surface area contributed by atoms with E-state index in [2.05, 4.69) is 17.2 Å². The quantitative estimate of drug-likeness (QED) is 0.287. The van der Waals surface area contributed by atoms with Gasteiger partial charge in [0.15, 0.2) is 0 Å². The molecular formula is C6H12NO5PS. The smallest absolute Gasteiger partial charge is 0.397 e. The highest BCUT2D eigenvalue weighted by Gasteiger charge is 2.25. The highest BCUT2D eigenvalue weighted by atomic mass is 32.1. The number of rotatable bonds is 3. The van der Waals surface area contributed by atoms with Gasteiger partial charge in [-0.1, -0.05) is 0 Å². The summed E-state index contributed by atoms with van der Waals surface area (Å²) in [5, 5.41) is 0. The van der Waals surface area contributed by atoms with E-state index in [0.717, 1.165) is 4.90 Å². The van der Waals surface area contributed by atoms with Crippen molar-refractivity contribution in [1.29, 1.82) is 0 Å². The van der Waals surface area contributed by atoms with Crippen LogP contribution >= 0.6 is 20.5 Å². The first kappa shape index (κ1) is 13.5. The Balaban J connectivity index is 4.93. The van der Waals surface area contributed by atoms with Gasteiger partial charge in [0.05, 0.1) is 0 Å². The van der Waals surface area contributed by atoms with E-state index in [1.165, 1.54) is 21.0 Å². The fraction of sp³-hybridized carbons (Fsp3) is 0.500. The molecule has 0 aliphatic heterocycles. The third-order valence-electron chi connectivity index (χ3n) is 1.14. The van der Waals surface area contributed by atoms with Gasteiger partial charge in [-0.15, -0.1) is 12.6 Å². The molecule has 0 aliphatic rings. The number of thiol groups is 1. The monoisotopic (exact) mass is 241 g/mol. The summed E-state index contributed by atoms with van der Waals surface area (Å²) in [6.45, 7) is 1.40.